The number of aromatic hydroxyl groups is 1. The summed E-state index contributed by atoms with van der Waals surface area (Å²) in [5.41, 5.74) is 3.06. The predicted molar refractivity (Wildman–Crippen MR) is 179 cm³/mol. The van der Waals surface area contributed by atoms with Gasteiger partial charge in [-0.15, -0.1) is 0 Å². The molecule has 0 bridgehead atoms. The van der Waals surface area contributed by atoms with E-state index < -0.39 is 29.9 Å². The summed E-state index contributed by atoms with van der Waals surface area (Å²) >= 11 is 0. The summed E-state index contributed by atoms with van der Waals surface area (Å²) in [6, 6.07) is 15.6. The number of anilines is 3. The minimum atomic E-state index is -0.991. The van der Waals surface area contributed by atoms with Crippen LogP contribution in [0.3, 0.4) is 0 Å². The first-order valence-electron chi connectivity index (χ1n) is 16.4. The molecule has 49 heavy (non-hydrogen) atoms. The van der Waals surface area contributed by atoms with Crippen LogP contribution in [0.1, 0.15) is 77.6 Å². The van der Waals surface area contributed by atoms with Gasteiger partial charge in [-0.1, -0.05) is 25.3 Å². The lowest BCUT2D eigenvalue weighted by atomic mass is 10.0. The minimum absolute atomic E-state index is 0.0261. The van der Waals surface area contributed by atoms with Gasteiger partial charge in [-0.25, -0.2) is 4.79 Å². The van der Waals surface area contributed by atoms with Crippen LogP contribution in [0.2, 0.25) is 0 Å². The third-order valence-electron chi connectivity index (χ3n) is 9.04. The number of phenols is 1. The molecule has 13 heteroatoms. The number of amides is 6. The molecule has 3 heterocycles. The molecule has 1 unspecified atom stereocenters. The Morgan fingerprint density at radius 3 is 2.47 bits per heavy atom. The largest absolute Gasteiger partial charge is 0.508 e. The molecule has 0 aromatic heterocycles. The molecular formula is C36H37N5O8. The Morgan fingerprint density at radius 2 is 1.67 bits per heavy atom. The van der Waals surface area contributed by atoms with Crippen molar-refractivity contribution in [3.8, 4) is 11.5 Å². The van der Waals surface area contributed by atoms with Gasteiger partial charge in [0.25, 0.3) is 17.7 Å². The second-order valence-corrected chi connectivity index (χ2v) is 12.3. The zero-order chi connectivity index (χ0) is 34.7. The third kappa shape index (κ3) is 6.96. The summed E-state index contributed by atoms with van der Waals surface area (Å²) in [5, 5.41) is 15.8. The van der Waals surface area contributed by atoms with Gasteiger partial charge in [-0.3, -0.25) is 38.7 Å². The fourth-order valence-corrected chi connectivity index (χ4v) is 6.33. The number of rotatable bonds is 12. The number of imide groups is 2. The molecule has 3 aliphatic rings. The number of piperidine rings is 1. The molecule has 0 saturated carbocycles. The number of carbonyl (C=O) groups excluding carboxylic acids is 6. The molecule has 3 aromatic carbocycles. The van der Waals surface area contributed by atoms with Crippen LogP contribution in [0.5, 0.6) is 11.5 Å². The zero-order valence-electron chi connectivity index (χ0n) is 27.1. The number of phenolic OH excluding ortho intramolecular Hbond substituents is 1. The number of hydrogen-bond acceptors (Lipinski definition) is 9. The SMILES string of the molecule is CN1C(=O)CCC(N2C(=O)c3cccc(NCCCCCCCC(=O)Nc4ccc(N5Cc6ccc(O)cc6OC5=O)cc4)c3C2=O)C1=O. The van der Waals surface area contributed by atoms with E-state index in [0.717, 1.165) is 47.5 Å². The van der Waals surface area contributed by atoms with E-state index >= 15 is 0 Å². The number of hydrogen-bond donors (Lipinski definition) is 3. The van der Waals surface area contributed by atoms with Gasteiger partial charge in [0.1, 0.15) is 17.5 Å². The monoisotopic (exact) mass is 667 g/mol. The van der Waals surface area contributed by atoms with Crippen molar-refractivity contribution in [3.05, 3.63) is 77.4 Å². The number of unbranched alkanes of at least 4 members (excludes halogenated alkanes) is 4. The van der Waals surface area contributed by atoms with E-state index in [2.05, 4.69) is 10.6 Å². The summed E-state index contributed by atoms with van der Waals surface area (Å²) in [7, 11) is 1.36. The second kappa shape index (κ2) is 14.2. The van der Waals surface area contributed by atoms with Crippen molar-refractivity contribution in [1.82, 2.24) is 9.80 Å². The van der Waals surface area contributed by atoms with Crippen LogP contribution in [-0.2, 0) is 20.9 Å². The molecule has 0 aliphatic carbocycles. The van der Waals surface area contributed by atoms with Gasteiger partial charge in [0.2, 0.25) is 11.8 Å². The molecular weight excluding hydrogens is 630 g/mol. The molecule has 3 aromatic rings. The summed E-state index contributed by atoms with van der Waals surface area (Å²) in [6.45, 7) is 0.885. The van der Waals surface area contributed by atoms with Crippen LogP contribution in [0.4, 0.5) is 21.9 Å². The number of likely N-dealkylation sites (N-methyl/N-ethyl adjacent to an activating group) is 1. The maximum Gasteiger partial charge on any atom is 0.420 e. The Morgan fingerprint density at radius 1 is 0.918 bits per heavy atom. The smallest absolute Gasteiger partial charge is 0.420 e. The lowest BCUT2D eigenvalue weighted by molar-refractivity contribution is -0.149. The van der Waals surface area contributed by atoms with Gasteiger partial charge in [-0.2, -0.15) is 0 Å². The summed E-state index contributed by atoms with van der Waals surface area (Å²) in [6.07, 6.45) is 4.29. The van der Waals surface area contributed by atoms with E-state index in [4.69, 9.17) is 4.74 Å². The van der Waals surface area contributed by atoms with Crippen LogP contribution in [0, 0.1) is 0 Å². The zero-order valence-corrected chi connectivity index (χ0v) is 27.1. The molecule has 0 radical (unpaired) electrons. The molecule has 1 fully saturated rings. The molecule has 3 N–H and O–H groups in total. The number of fused-ring (bicyclic) bond motifs is 2. The van der Waals surface area contributed by atoms with Crippen LogP contribution < -0.4 is 20.3 Å². The molecule has 13 nitrogen and oxygen atoms in total. The fraction of sp³-hybridized carbons (Fsp3) is 0.333. The molecule has 6 rings (SSSR count). The van der Waals surface area contributed by atoms with Crippen LogP contribution in [-0.4, -0.2) is 70.2 Å². The van der Waals surface area contributed by atoms with Crippen LogP contribution in [0.25, 0.3) is 0 Å². The van der Waals surface area contributed by atoms with Crippen molar-refractivity contribution in [3.63, 3.8) is 0 Å². The van der Waals surface area contributed by atoms with E-state index in [-0.39, 0.29) is 41.5 Å². The molecule has 1 saturated heterocycles. The second-order valence-electron chi connectivity index (χ2n) is 12.3. The molecule has 3 aliphatic heterocycles. The van der Waals surface area contributed by atoms with Crippen molar-refractivity contribution in [1.29, 1.82) is 0 Å². The number of carbonyl (C=O) groups is 6. The summed E-state index contributed by atoms with van der Waals surface area (Å²) in [4.78, 5) is 79.5. The molecule has 0 spiro atoms. The van der Waals surface area contributed by atoms with Crippen molar-refractivity contribution in [2.45, 2.75) is 64.0 Å². The van der Waals surface area contributed by atoms with E-state index in [1.54, 1.807) is 54.6 Å². The van der Waals surface area contributed by atoms with Gasteiger partial charge in [-0.05, 0) is 67.8 Å². The maximum atomic E-state index is 13.3. The van der Waals surface area contributed by atoms with Crippen LogP contribution in [0.15, 0.2) is 60.7 Å². The van der Waals surface area contributed by atoms with Crippen LogP contribution >= 0.6 is 0 Å². The standard InChI is InChI=1S/C36H37N5O8/c1-39-31(44)18-17-28(34(39)46)41-33(45)26-8-7-9-27(32(26)35(41)47)37-19-6-4-2-3-5-10-30(43)38-23-12-14-24(15-13-23)40-21-22-11-16-25(42)20-29(22)49-36(40)48/h7-9,11-16,20,28,37,42H,2-6,10,17-19,21H2,1H3,(H,38,43). The number of nitrogens with zero attached hydrogens (tertiary/aromatic N) is 3. The molecule has 6 amide bonds. The highest BCUT2D eigenvalue weighted by molar-refractivity contribution is 6.25. The van der Waals surface area contributed by atoms with Gasteiger partial charge in [0.15, 0.2) is 0 Å². The summed E-state index contributed by atoms with van der Waals surface area (Å²) < 4.78 is 5.34. The van der Waals surface area contributed by atoms with Gasteiger partial charge >= 0.3 is 6.09 Å². The number of benzene rings is 3. The fourth-order valence-electron chi connectivity index (χ4n) is 6.33. The number of likely N-dealkylation sites (tertiary alicyclic amines) is 1. The lowest BCUT2D eigenvalue weighted by Gasteiger charge is -2.32. The van der Waals surface area contributed by atoms with Gasteiger partial charge < -0.3 is 20.5 Å². The average Bonchev–Trinajstić information content (AvgIpc) is 3.34. The van der Waals surface area contributed by atoms with E-state index in [1.807, 2.05) is 0 Å². The highest BCUT2D eigenvalue weighted by Gasteiger charge is 2.47. The van der Waals surface area contributed by atoms with Crippen molar-refractivity contribution >= 4 is 52.7 Å². The Labute approximate surface area is 282 Å². The first kappa shape index (κ1) is 33.2. The Kier molecular flexibility index (Phi) is 9.61. The Bertz CT molecular complexity index is 1820. The highest BCUT2D eigenvalue weighted by atomic mass is 16.6. The minimum Gasteiger partial charge on any atom is -0.508 e. The van der Waals surface area contributed by atoms with E-state index in [9.17, 15) is 33.9 Å². The lowest BCUT2D eigenvalue weighted by Crippen LogP contribution is -2.54. The van der Waals surface area contributed by atoms with Crippen molar-refractivity contribution in [2.75, 3.05) is 29.1 Å². The average molecular weight is 668 g/mol. The van der Waals surface area contributed by atoms with Gasteiger partial charge in [0.05, 0.1) is 17.7 Å². The predicted octanol–water partition coefficient (Wildman–Crippen LogP) is 5.05. The normalized spacial score (nSPS) is 17.2. The highest BCUT2D eigenvalue weighted by Crippen LogP contribution is 2.34. The van der Waals surface area contributed by atoms with Crippen molar-refractivity contribution < 1.29 is 38.6 Å². The quantitative estimate of drug-likeness (QED) is 0.177. The molecule has 1 atom stereocenters. The Hall–Kier alpha value is -5.72. The van der Waals surface area contributed by atoms with E-state index in [0.29, 0.717) is 42.3 Å². The first-order valence-corrected chi connectivity index (χ1v) is 16.4. The van der Waals surface area contributed by atoms with Gasteiger partial charge in [0, 0.05) is 55.1 Å². The maximum absolute atomic E-state index is 13.3. The van der Waals surface area contributed by atoms with Crippen molar-refractivity contribution in [2.24, 2.45) is 0 Å². The number of ether oxygens (including phenoxy) is 1. The first-order chi connectivity index (χ1) is 23.6. The van der Waals surface area contributed by atoms with E-state index in [1.165, 1.54) is 18.0 Å². The third-order valence-corrected chi connectivity index (χ3v) is 9.04. The summed E-state index contributed by atoms with van der Waals surface area (Å²) in [5.74, 6) is -1.66. The Balaban J connectivity index is 0.895. The molecule has 254 valence electrons. The number of nitrogens with one attached hydrogen (secondary N) is 2. The topological polar surface area (TPSA) is 166 Å².